The summed E-state index contributed by atoms with van der Waals surface area (Å²) in [4.78, 5) is 0. The zero-order valence-corrected chi connectivity index (χ0v) is 8.60. The molecule has 0 unspecified atom stereocenters. The average molecular weight is 244 g/mol. The normalized spacial score (nSPS) is 19.6. The van der Waals surface area contributed by atoms with E-state index in [1.165, 1.54) is 6.07 Å². The maximum Gasteiger partial charge on any atom is 0.131 e. The fraction of sp³-hybridized carbons (Fsp3) is 0.400. The van der Waals surface area contributed by atoms with E-state index in [-0.39, 0.29) is 5.82 Å². The molecule has 1 aromatic carbocycles. The number of halogens is 2. The standard InChI is InChI=1S/C10H9BrFO/c11-7-2-3-8(9(12)6-7)10(13)4-1-5-10/h2-3,6H,1,4-5H2. The van der Waals surface area contributed by atoms with Crippen LogP contribution in [0.1, 0.15) is 24.8 Å². The Bertz CT molecular complexity index is 334. The third kappa shape index (κ3) is 1.51. The number of hydrogen-bond acceptors (Lipinski definition) is 0. The molecule has 0 spiro atoms. The Hall–Kier alpha value is -0.410. The van der Waals surface area contributed by atoms with Gasteiger partial charge >= 0.3 is 0 Å². The minimum absolute atomic E-state index is 0.321. The maximum absolute atomic E-state index is 13.3. The topological polar surface area (TPSA) is 19.9 Å². The zero-order chi connectivity index (χ0) is 9.47. The fourth-order valence-electron chi connectivity index (χ4n) is 1.63. The van der Waals surface area contributed by atoms with Gasteiger partial charge in [-0.3, -0.25) is 0 Å². The van der Waals surface area contributed by atoms with Gasteiger partial charge in [0, 0.05) is 10.0 Å². The molecule has 0 atom stereocenters. The first-order valence-electron chi connectivity index (χ1n) is 4.28. The smallest absolute Gasteiger partial charge is 0.131 e. The summed E-state index contributed by atoms with van der Waals surface area (Å²) in [6.45, 7) is 0. The lowest BCUT2D eigenvalue weighted by molar-refractivity contribution is -0.101. The second kappa shape index (κ2) is 3.07. The molecule has 69 valence electrons. The van der Waals surface area contributed by atoms with Crippen LogP contribution in [0.4, 0.5) is 4.39 Å². The SMILES string of the molecule is [O]C1(c2ccc(Br)cc2F)CCC1. The Morgan fingerprint density at radius 1 is 1.38 bits per heavy atom. The van der Waals surface area contributed by atoms with Gasteiger partial charge in [0.2, 0.25) is 0 Å². The minimum Gasteiger partial charge on any atom is -0.224 e. The van der Waals surface area contributed by atoms with Crippen molar-refractivity contribution >= 4 is 15.9 Å². The van der Waals surface area contributed by atoms with Gasteiger partial charge in [-0.1, -0.05) is 22.0 Å². The Labute approximate surface area is 84.7 Å². The number of hydrogen-bond donors (Lipinski definition) is 0. The quantitative estimate of drug-likeness (QED) is 0.721. The van der Waals surface area contributed by atoms with Crippen LogP contribution in [-0.4, -0.2) is 0 Å². The molecule has 1 saturated carbocycles. The molecule has 1 aromatic rings. The van der Waals surface area contributed by atoms with Crippen LogP contribution in [0, 0.1) is 5.82 Å². The van der Waals surface area contributed by atoms with Crippen molar-refractivity contribution in [3.63, 3.8) is 0 Å². The Kier molecular flexibility index (Phi) is 2.16. The molecule has 0 heterocycles. The van der Waals surface area contributed by atoms with Crippen molar-refractivity contribution in [2.75, 3.05) is 0 Å². The van der Waals surface area contributed by atoms with Crippen LogP contribution in [0.25, 0.3) is 0 Å². The summed E-state index contributed by atoms with van der Waals surface area (Å²) in [7, 11) is 0. The van der Waals surface area contributed by atoms with Gasteiger partial charge in [-0.2, -0.15) is 0 Å². The molecule has 0 aromatic heterocycles. The first-order chi connectivity index (χ1) is 6.12. The molecule has 1 aliphatic carbocycles. The molecule has 1 aliphatic rings. The summed E-state index contributed by atoms with van der Waals surface area (Å²) in [5.41, 5.74) is -0.827. The van der Waals surface area contributed by atoms with Gasteiger partial charge in [0.15, 0.2) is 0 Å². The first kappa shape index (κ1) is 9.16. The van der Waals surface area contributed by atoms with Crippen LogP contribution < -0.4 is 0 Å². The van der Waals surface area contributed by atoms with Crippen molar-refractivity contribution in [1.82, 2.24) is 0 Å². The van der Waals surface area contributed by atoms with Crippen molar-refractivity contribution < 1.29 is 9.50 Å². The highest BCUT2D eigenvalue weighted by atomic mass is 79.9. The van der Waals surface area contributed by atoms with Crippen molar-refractivity contribution in [1.29, 1.82) is 0 Å². The van der Waals surface area contributed by atoms with Gasteiger partial charge < -0.3 is 0 Å². The second-order valence-corrected chi connectivity index (χ2v) is 4.39. The third-order valence-electron chi connectivity index (χ3n) is 2.58. The summed E-state index contributed by atoms with van der Waals surface area (Å²) in [5.74, 6) is -0.385. The van der Waals surface area contributed by atoms with Crippen LogP contribution in [0.5, 0.6) is 0 Å². The van der Waals surface area contributed by atoms with Crippen LogP contribution in [0.3, 0.4) is 0 Å². The summed E-state index contributed by atoms with van der Waals surface area (Å²) in [6.07, 6.45) is 2.04. The van der Waals surface area contributed by atoms with Crippen molar-refractivity contribution in [3.8, 4) is 0 Å². The van der Waals surface area contributed by atoms with E-state index >= 15 is 0 Å². The molecule has 0 bridgehead atoms. The monoisotopic (exact) mass is 243 g/mol. The van der Waals surface area contributed by atoms with E-state index < -0.39 is 5.60 Å². The fourth-order valence-corrected chi connectivity index (χ4v) is 1.96. The lowest BCUT2D eigenvalue weighted by Gasteiger charge is -2.34. The van der Waals surface area contributed by atoms with E-state index in [1.54, 1.807) is 12.1 Å². The van der Waals surface area contributed by atoms with Gasteiger partial charge in [-0.15, -0.1) is 0 Å². The van der Waals surface area contributed by atoms with Crippen molar-refractivity contribution in [2.24, 2.45) is 0 Å². The first-order valence-corrected chi connectivity index (χ1v) is 5.07. The Morgan fingerprint density at radius 3 is 2.54 bits per heavy atom. The van der Waals surface area contributed by atoms with E-state index in [2.05, 4.69) is 15.9 Å². The molecule has 1 nitrogen and oxygen atoms in total. The lowest BCUT2D eigenvalue weighted by atomic mass is 9.75. The van der Waals surface area contributed by atoms with Gasteiger partial charge in [0.05, 0.1) is 0 Å². The molecule has 1 fully saturated rings. The van der Waals surface area contributed by atoms with Crippen LogP contribution in [0.2, 0.25) is 0 Å². The predicted molar refractivity (Wildman–Crippen MR) is 50.3 cm³/mol. The number of benzene rings is 1. The molecular weight excluding hydrogens is 235 g/mol. The summed E-state index contributed by atoms with van der Waals surface area (Å²) in [6, 6.07) is 4.66. The molecule has 2 rings (SSSR count). The van der Waals surface area contributed by atoms with Crippen LogP contribution in [-0.2, 0) is 10.7 Å². The highest BCUT2D eigenvalue weighted by Crippen LogP contribution is 2.43. The molecule has 3 heteroatoms. The second-order valence-electron chi connectivity index (χ2n) is 3.47. The van der Waals surface area contributed by atoms with Gasteiger partial charge in [-0.25, -0.2) is 9.50 Å². The highest BCUT2D eigenvalue weighted by Gasteiger charge is 2.40. The van der Waals surface area contributed by atoms with Crippen molar-refractivity contribution in [3.05, 3.63) is 34.1 Å². The predicted octanol–water partition coefficient (Wildman–Crippen LogP) is 3.40. The number of rotatable bonds is 1. The molecular formula is C10H9BrFO. The lowest BCUT2D eigenvalue weighted by Crippen LogP contribution is -2.33. The van der Waals surface area contributed by atoms with E-state index in [9.17, 15) is 9.50 Å². The largest absolute Gasteiger partial charge is 0.224 e. The maximum atomic E-state index is 13.3. The minimum atomic E-state index is -1.15. The molecule has 0 saturated heterocycles. The Balaban J connectivity index is 2.40. The zero-order valence-electron chi connectivity index (χ0n) is 7.02. The average Bonchev–Trinajstić information content (AvgIpc) is 2.00. The molecule has 0 N–H and O–H groups in total. The summed E-state index contributed by atoms with van der Waals surface area (Å²) in [5, 5.41) is 11.8. The Morgan fingerprint density at radius 2 is 2.08 bits per heavy atom. The van der Waals surface area contributed by atoms with E-state index in [4.69, 9.17) is 0 Å². The van der Waals surface area contributed by atoms with E-state index in [1.807, 2.05) is 0 Å². The molecule has 0 aliphatic heterocycles. The summed E-state index contributed by atoms with van der Waals surface area (Å²) < 4.78 is 14.0. The van der Waals surface area contributed by atoms with Crippen LogP contribution >= 0.6 is 15.9 Å². The molecule has 0 amide bonds. The van der Waals surface area contributed by atoms with Crippen LogP contribution in [0.15, 0.2) is 22.7 Å². The third-order valence-corrected chi connectivity index (χ3v) is 3.08. The van der Waals surface area contributed by atoms with Gasteiger partial charge in [0.25, 0.3) is 0 Å². The molecule has 13 heavy (non-hydrogen) atoms. The van der Waals surface area contributed by atoms with Crippen molar-refractivity contribution in [2.45, 2.75) is 24.9 Å². The van der Waals surface area contributed by atoms with E-state index in [0.29, 0.717) is 22.9 Å². The molecule has 1 radical (unpaired) electrons. The van der Waals surface area contributed by atoms with Gasteiger partial charge in [-0.05, 0) is 31.4 Å². The van der Waals surface area contributed by atoms with E-state index in [0.717, 1.165) is 6.42 Å². The van der Waals surface area contributed by atoms with Gasteiger partial charge in [0.1, 0.15) is 11.4 Å². The highest BCUT2D eigenvalue weighted by molar-refractivity contribution is 9.10. The summed E-state index contributed by atoms with van der Waals surface area (Å²) >= 11 is 3.16.